The van der Waals surface area contributed by atoms with Crippen LogP contribution in [0.1, 0.15) is 41.0 Å². The summed E-state index contributed by atoms with van der Waals surface area (Å²) in [5.41, 5.74) is 1.91. The molecule has 2 N–H and O–H groups in total. The van der Waals surface area contributed by atoms with Crippen LogP contribution in [0.15, 0.2) is 0 Å². The Balaban J connectivity index is 3.62. The van der Waals surface area contributed by atoms with Crippen molar-refractivity contribution in [2.75, 3.05) is 13.2 Å². The first kappa shape index (κ1) is 15.9. The molecule has 0 aromatic heterocycles. The smallest absolute Gasteiger partial charge is 0.245 e. The van der Waals surface area contributed by atoms with Crippen LogP contribution in [0.25, 0.3) is 0 Å². The monoisotopic (exact) mass is 244 g/mol. The summed E-state index contributed by atoms with van der Waals surface area (Å²) in [4.78, 5) is 27.7. The average Bonchev–Trinajstić information content (AvgIpc) is 2.15. The van der Waals surface area contributed by atoms with Crippen LogP contribution >= 0.6 is 0 Å². The van der Waals surface area contributed by atoms with Crippen molar-refractivity contribution in [3.8, 4) is 0 Å². The topological polar surface area (TPSA) is 67.4 Å². The molecule has 5 nitrogen and oxygen atoms in total. The number of carbonyl (C=O) groups is 2. The number of nitrogens with one attached hydrogen (secondary N) is 2. The van der Waals surface area contributed by atoms with Crippen LogP contribution in [0.4, 0.5) is 0 Å². The van der Waals surface area contributed by atoms with E-state index in [4.69, 9.17) is 4.84 Å². The van der Waals surface area contributed by atoms with Crippen LogP contribution < -0.4 is 10.8 Å². The van der Waals surface area contributed by atoms with Gasteiger partial charge in [-0.25, -0.2) is 5.48 Å². The molecule has 0 rings (SSSR count). The minimum absolute atomic E-state index is 0.0617. The van der Waals surface area contributed by atoms with E-state index in [1.807, 2.05) is 34.6 Å². The van der Waals surface area contributed by atoms with Crippen LogP contribution in [0.2, 0.25) is 0 Å². The fourth-order valence-electron chi connectivity index (χ4n) is 0.895. The molecule has 0 bridgehead atoms. The summed E-state index contributed by atoms with van der Waals surface area (Å²) in [7, 11) is 0. The maximum atomic E-state index is 11.5. The number of hydrogen-bond donors (Lipinski definition) is 2. The molecule has 0 aliphatic heterocycles. The Morgan fingerprint density at radius 3 is 2.29 bits per heavy atom. The zero-order valence-electron chi connectivity index (χ0n) is 11.4. The van der Waals surface area contributed by atoms with Gasteiger partial charge in [0.15, 0.2) is 0 Å². The molecule has 0 aromatic rings. The van der Waals surface area contributed by atoms with Crippen molar-refractivity contribution in [1.82, 2.24) is 10.8 Å². The number of hydroxylamine groups is 1. The van der Waals surface area contributed by atoms with Crippen LogP contribution in [-0.4, -0.2) is 25.0 Å². The van der Waals surface area contributed by atoms with Gasteiger partial charge in [-0.05, 0) is 5.92 Å². The van der Waals surface area contributed by atoms with Crippen molar-refractivity contribution < 1.29 is 14.4 Å². The van der Waals surface area contributed by atoms with Crippen molar-refractivity contribution in [3.63, 3.8) is 0 Å². The molecule has 0 atom stereocenters. The van der Waals surface area contributed by atoms with Crippen molar-refractivity contribution in [2.24, 2.45) is 11.3 Å². The molecule has 0 heterocycles. The standard InChI is InChI=1S/C12H24N2O3/c1-9(2)8-17-14-10(15)6-7-13-11(16)12(3,4)5/h9H,6-8H2,1-5H3,(H,13,16)(H,14,15). The highest BCUT2D eigenvalue weighted by atomic mass is 16.6. The first-order chi connectivity index (χ1) is 7.73. The summed E-state index contributed by atoms with van der Waals surface area (Å²) in [6, 6.07) is 0. The number of rotatable bonds is 6. The second-order valence-electron chi connectivity index (χ2n) is 5.49. The molecule has 2 amide bonds. The summed E-state index contributed by atoms with van der Waals surface area (Å²) in [6.45, 7) is 10.3. The van der Waals surface area contributed by atoms with Gasteiger partial charge >= 0.3 is 0 Å². The Morgan fingerprint density at radius 1 is 1.24 bits per heavy atom. The number of amides is 2. The molecule has 0 unspecified atom stereocenters. The van der Waals surface area contributed by atoms with Crippen molar-refractivity contribution in [2.45, 2.75) is 41.0 Å². The molecule has 0 saturated carbocycles. The quantitative estimate of drug-likeness (QED) is 0.691. The lowest BCUT2D eigenvalue weighted by atomic mass is 9.96. The summed E-state index contributed by atoms with van der Waals surface area (Å²) >= 11 is 0. The van der Waals surface area contributed by atoms with Gasteiger partial charge in [-0.3, -0.25) is 14.4 Å². The van der Waals surface area contributed by atoms with Crippen molar-refractivity contribution in [1.29, 1.82) is 0 Å². The lowest BCUT2D eigenvalue weighted by Gasteiger charge is -2.17. The minimum atomic E-state index is -0.426. The second kappa shape index (κ2) is 7.27. The molecule has 100 valence electrons. The summed E-state index contributed by atoms with van der Waals surface area (Å²) < 4.78 is 0. The molecular weight excluding hydrogens is 220 g/mol. The maximum Gasteiger partial charge on any atom is 0.245 e. The van der Waals surface area contributed by atoms with Crippen LogP contribution in [0, 0.1) is 11.3 Å². The van der Waals surface area contributed by atoms with Crippen LogP contribution in [0.3, 0.4) is 0 Å². The largest absolute Gasteiger partial charge is 0.355 e. The van der Waals surface area contributed by atoms with Gasteiger partial charge in [-0.2, -0.15) is 0 Å². The Hall–Kier alpha value is -1.10. The highest BCUT2D eigenvalue weighted by Crippen LogP contribution is 2.11. The fraction of sp³-hybridized carbons (Fsp3) is 0.833. The third-order valence-corrected chi connectivity index (χ3v) is 1.92. The van der Waals surface area contributed by atoms with Crippen LogP contribution in [0.5, 0.6) is 0 Å². The average molecular weight is 244 g/mol. The highest BCUT2D eigenvalue weighted by Gasteiger charge is 2.20. The first-order valence-corrected chi connectivity index (χ1v) is 5.92. The zero-order chi connectivity index (χ0) is 13.5. The molecule has 0 aliphatic carbocycles. The fourth-order valence-corrected chi connectivity index (χ4v) is 0.895. The van der Waals surface area contributed by atoms with E-state index < -0.39 is 5.41 Å². The van der Waals surface area contributed by atoms with E-state index in [1.165, 1.54) is 0 Å². The van der Waals surface area contributed by atoms with Gasteiger partial charge in [0.2, 0.25) is 11.8 Å². The van der Waals surface area contributed by atoms with E-state index in [1.54, 1.807) is 0 Å². The predicted molar refractivity (Wildman–Crippen MR) is 66.0 cm³/mol. The first-order valence-electron chi connectivity index (χ1n) is 5.92. The van der Waals surface area contributed by atoms with E-state index in [9.17, 15) is 9.59 Å². The summed E-state index contributed by atoms with van der Waals surface area (Å²) in [5.74, 6) is 0.0872. The lowest BCUT2D eigenvalue weighted by molar-refractivity contribution is -0.134. The molecule has 0 aliphatic rings. The van der Waals surface area contributed by atoms with Gasteiger partial charge in [0.1, 0.15) is 0 Å². The number of carbonyl (C=O) groups excluding carboxylic acids is 2. The van der Waals surface area contributed by atoms with Gasteiger partial charge in [0, 0.05) is 18.4 Å². The summed E-state index contributed by atoms with van der Waals surface area (Å²) in [6.07, 6.45) is 0.222. The minimum Gasteiger partial charge on any atom is -0.355 e. The predicted octanol–water partition coefficient (Wildman–Crippen LogP) is 1.24. The zero-order valence-corrected chi connectivity index (χ0v) is 11.4. The van der Waals surface area contributed by atoms with Crippen molar-refractivity contribution >= 4 is 11.8 Å². The lowest BCUT2D eigenvalue weighted by Crippen LogP contribution is -2.37. The Kier molecular flexibility index (Phi) is 6.80. The Bertz CT molecular complexity index is 257. The van der Waals surface area contributed by atoms with Gasteiger partial charge in [0.05, 0.1) is 6.61 Å². The number of hydrogen-bond acceptors (Lipinski definition) is 3. The Labute approximate surface area is 103 Å². The molecular formula is C12H24N2O3. The molecule has 17 heavy (non-hydrogen) atoms. The Morgan fingerprint density at radius 2 is 1.82 bits per heavy atom. The van der Waals surface area contributed by atoms with Gasteiger partial charge in [0.25, 0.3) is 0 Å². The van der Waals surface area contributed by atoms with E-state index in [-0.39, 0.29) is 18.2 Å². The molecule has 0 radical (unpaired) electrons. The summed E-state index contributed by atoms with van der Waals surface area (Å²) in [5, 5.41) is 2.70. The van der Waals surface area contributed by atoms with E-state index in [2.05, 4.69) is 10.8 Å². The van der Waals surface area contributed by atoms with Crippen molar-refractivity contribution in [3.05, 3.63) is 0 Å². The van der Waals surface area contributed by atoms with E-state index in [0.29, 0.717) is 19.1 Å². The molecule has 0 aromatic carbocycles. The molecule has 0 spiro atoms. The van der Waals surface area contributed by atoms with Gasteiger partial charge in [-0.15, -0.1) is 0 Å². The molecule has 5 heteroatoms. The van der Waals surface area contributed by atoms with E-state index in [0.717, 1.165) is 0 Å². The SMILES string of the molecule is CC(C)CONC(=O)CCNC(=O)C(C)(C)C. The third kappa shape index (κ3) is 8.68. The molecule has 0 fully saturated rings. The normalized spacial score (nSPS) is 11.4. The van der Waals surface area contributed by atoms with Gasteiger partial charge in [-0.1, -0.05) is 34.6 Å². The van der Waals surface area contributed by atoms with Crippen LogP contribution in [-0.2, 0) is 14.4 Å². The van der Waals surface area contributed by atoms with E-state index >= 15 is 0 Å². The van der Waals surface area contributed by atoms with Gasteiger partial charge < -0.3 is 5.32 Å². The maximum absolute atomic E-state index is 11.5. The third-order valence-electron chi connectivity index (χ3n) is 1.92. The molecule has 0 saturated heterocycles. The second-order valence-corrected chi connectivity index (χ2v) is 5.49. The highest BCUT2D eigenvalue weighted by molar-refractivity contribution is 5.82.